The monoisotopic (exact) mass is 262 g/mol. The van der Waals surface area contributed by atoms with Crippen molar-refractivity contribution in [1.82, 2.24) is 10.2 Å². The molecule has 1 heterocycles. The normalized spacial score (nSPS) is 48.7. The van der Waals surface area contributed by atoms with Gasteiger partial charge in [0, 0.05) is 6.04 Å². The number of carbonyl (C=O) groups is 1. The van der Waals surface area contributed by atoms with Gasteiger partial charge in [0.1, 0.15) is 0 Å². The fourth-order valence-corrected chi connectivity index (χ4v) is 5.66. The van der Waals surface area contributed by atoms with Crippen LogP contribution in [0.25, 0.3) is 0 Å². The summed E-state index contributed by atoms with van der Waals surface area (Å²) < 4.78 is 0. The maximum absolute atomic E-state index is 12.5. The van der Waals surface area contributed by atoms with Gasteiger partial charge in [-0.25, -0.2) is 0 Å². The number of nitrogens with zero attached hydrogens (tertiary/aromatic N) is 1. The van der Waals surface area contributed by atoms with Crippen LogP contribution < -0.4 is 5.32 Å². The fraction of sp³-hybridized carbons (Fsp3) is 0.938. The summed E-state index contributed by atoms with van der Waals surface area (Å²) in [6.45, 7) is 1.08. The zero-order valence-corrected chi connectivity index (χ0v) is 12.0. The third kappa shape index (κ3) is 2.01. The van der Waals surface area contributed by atoms with Crippen molar-refractivity contribution in [2.45, 2.75) is 57.0 Å². The maximum atomic E-state index is 12.5. The molecule has 4 bridgehead atoms. The summed E-state index contributed by atoms with van der Waals surface area (Å²) in [6.07, 6.45) is 9.26. The molecule has 0 unspecified atom stereocenters. The van der Waals surface area contributed by atoms with Crippen LogP contribution in [-0.2, 0) is 4.79 Å². The van der Waals surface area contributed by atoms with E-state index in [2.05, 4.69) is 17.3 Å². The zero-order chi connectivity index (χ0) is 13.0. The largest absolute Gasteiger partial charge is 0.351 e. The summed E-state index contributed by atoms with van der Waals surface area (Å²) in [7, 11) is 2.09. The Morgan fingerprint density at radius 1 is 1.05 bits per heavy atom. The van der Waals surface area contributed by atoms with Crippen molar-refractivity contribution in [3.05, 3.63) is 0 Å². The van der Waals surface area contributed by atoms with E-state index in [0.717, 1.165) is 36.6 Å². The molecule has 0 spiro atoms. The van der Waals surface area contributed by atoms with Crippen LogP contribution in [0, 0.1) is 23.7 Å². The predicted octanol–water partition coefficient (Wildman–Crippen LogP) is 2.02. The van der Waals surface area contributed by atoms with Crippen molar-refractivity contribution in [2.24, 2.45) is 23.7 Å². The first-order valence-corrected chi connectivity index (χ1v) is 8.21. The smallest absolute Gasteiger partial charge is 0.237 e. The van der Waals surface area contributed by atoms with Gasteiger partial charge in [-0.15, -0.1) is 0 Å². The Hall–Kier alpha value is -0.570. The van der Waals surface area contributed by atoms with Gasteiger partial charge in [0.25, 0.3) is 0 Å². The highest BCUT2D eigenvalue weighted by Crippen LogP contribution is 2.53. The van der Waals surface area contributed by atoms with Gasteiger partial charge < -0.3 is 5.32 Å². The van der Waals surface area contributed by atoms with Gasteiger partial charge in [0.05, 0.1) is 6.04 Å². The van der Waals surface area contributed by atoms with Gasteiger partial charge >= 0.3 is 0 Å². The minimum atomic E-state index is 0.150. The van der Waals surface area contributed by atoms with Crippen molar-refractivity contribution in [3.8, 4) is 0 Å². The molecule has 4 saturated carbocycles. The van der Waals surface area contributed by atoms with Gasteiger partial charge in [-0.05, 0) is 82.2 Å². The molecule has 19 heavy (non-hydrogen) atoms. The van der Waals surface area contributed by atoms with Crippen LogP contribution in [-0.4, -0.2) is 36.5 Å². The molecule has 1 N–H and O–H groups in total. The molecule has 1 amide bonds. The van der Waals surface area contributed by atoms with Crippen LogP contribution in [0.1, 0.15) is 44.9 Å². The van der Waals surface area contributed by atoms with E-state index in [-0.39, 0.29) is 6.04 Å². The number of likely N-dealkylation sites (N-methyl/N-ethyl adjacent to an activating group) is 1. The Kier molecular flexibility index (Phi) is 2.87. The third-order valence-corrected chi connectivity index (χ3v) is 6.36. The van der Waals surface area contributed by atoms with Gasteiger partial charge in [-0.1, -0.05) is 0 Å². The molecule has 1 aliphatic heterocycles. The van der Waals surface area contributed by atoms with Crippen molar-refractivity contribution in [2.75, 3.05) is 13.6 Å². The molecule has 3 nitrogen and oxygen atoms in total. The number of rotatable bonds is 2. The summed E-state index contributed by atoms with van der Waals surface area (Å²) in [5, 5.41) is 3.45. The van der Waals surface area contributed by atoms with E-state index < -0.39 is 0 Å². The lowest BCUT2D eigenvalue weighted by Crippen LogP contribution is -2.58. The number of hydrogen-bond acceptors (Lipinski definition) is 2. The number of hydrogen-bond donors (Lipinski definition) is 1. The molecule has 5 fully saturated rings. The van der Waals surface area contributed by atoms with Gasteiger partial charge in [0.2, 0.25) is 5.91 Å². The highest BCUT2D eigenvalue weighted by molar-refractivity contribution is 5.82. The van der Waals surface area contributed by atoms with E-state index in [4.69, 9.17) is 0 Å². The molecular weight excluding hydrogens is 236 g/mol. The average molecular weight is 262 g/mol. The summed E-state index contributed by atoms with van der Waals surface area (Å²) in [5.41, 5.74) is 0. The van der Waals surface area contributed by atoms with Crippen LogP contribution >= 0.6 is 0 Å². The highest BCUT2D eigenvalue weighted by atomic mass is 16.2. The highest BCUT2D eigenvalue weighted by Gasteiger charge is 2.49. The maximum Gasteiger partial charge on any atom is 0.237 e. The van der Waals surface area contributed by atoms with E-state index in [1.807, 2.05) is 0 Å². The van der Waals surface area contributed by atoms with Crippen LogP contribution in [0.4, 0.5) is 0 Å². The molecule has 3 heteroatoms. The molecule has 1 saturated heterocycles. The van der Waals surface area contributed by atoms with E-state index >= 15 is 0 Å². The molecule has 0 aromatic rings. The first kappa shape index (κ1) is 12.2. The summed E-state index contributed by atoms with van der Waals surface area (Å²) in [6, 6.07) is 0.659. The second kappa shape index (κ2) is 4.47. The number of nitrogens with one attached hydrogen (secondary N) is 1. The molecule has 106 valence electrons. The zero-order valence-electron chi connectivity index (χ0n) is 12.0. The van der Waals surface area contributed by atoms with E-state index in [0.29, 0.717) is 11.9 Å². The Morgan fingerprint density at radius 2 is 1.68 bits per heavy atom. The van der Waals surface area contributed by atoms with Crippen molar-refractivity contribution in [3.63, 3.8) is 0 Å². The predicted molar refractivity (Wildman–Crippen MR) is 74.6 cm³/mol. The van der Waals surface area contributed by atoms with Gasteiger partial charge in [-0.2, -0.15) is 0 Å². The summed E-state index contributed by atoms with van der Waals surface area (Å²) >= 11 is 0. The summed E-state index contributed by atoms with van der Waals surface area (Å²) in [4.78, 5) is 14.7. The SMILES string of the molecule is CN1CCC[C@@H]1C(=O)NC1C2CC3CC(C2)CC1C3. The lowest BCUT2D eigenvalue weighted by molar-refractivity contribution is -0.129. The second-order valence-electron chi connectivity index (χ2n) is 7.60. The first-order chi connectivity index (χ1) is 9.20. The average Bonchev–Trinajstić information content (AvgIpc) is 2.79. The minimum Gasteiger partial charge on any atom is -0.351 e. The Balaban J connectivity index is 1.44. The molecule has 0 aromatic carbocycles. The van der Waals surface area contributed by atoms with Crippen molar-refractivity contribution < 1.29 is 4.79 Å². The van der Waals surface area contributed by atoms with E-state index in [1.54, 1.807) is 0 Å². The Labute approximate surface area is 116 Å². The number of carbonyl (C=O) groups excluding carboxylic acids is 1. The van der Waals surface area contributed by atoms with Crippen molar-refractivity contribution in [1.29, 1.82) is 0 Å². The molecule has 1 atom stereocenters. The third-order valence-electron chi connectivity index (χ3n) is 6.36. The standard InChI is InChI=1S/C16H26N2O/c1-18-4-2-3-14(18)16(19)17-15-12-6-10-5-11(8-12)9-13(15)7-10/h10-15H,2-9H2,1H3,(H,17,19)/t10?,11?,12?,13?,14-,15?/m1/s1. The van der Waals surface area contributed by atoms with Crippen LogP contribution in [0.2, 0.25) is 0 Å². The molecule has 0 radical (unpaired) electrons. The number of amides is 1. The lowest BCUT2D eigenvalue weighted by Gasteiger charge is -2.54. The summed E-state index contributed by atoms with van der Waals surface area (Å²) in [5.74, 6) is 3.89. The van der Waals surface area contributed by atoms with Crippen molar-refractivity contribution >= 4 is 5.91 Å². The molecule has 0 aromatic heterocycles. The van der Waals surface area contributed by atoms with Gasteiger partial charge in [-0.3, -0.25) is 9.69 Å². The fourth-order valence-electron chi connectivity index (χ4n) is 5.66. The quantitative estimate of drug-likeness (QED) is 0.826. The van der Waals surface area contributed by atoms with Crippen LogP contribution in [0.5, 0.6) is 0 Å². The Bertz CT molecular complexity index is 353. The second-order valence-corrected chi connectivity index (χ2v) is 7.60. The minimum absolute atomic E-state index is 0.150. The molecule has 5 rings (SSSR count). The molecule has 5 aliphatic rings. The van der Waals surface area contributed by atoms with E-state index in [1.165, 1.54) is 38.5 Å². The first-order valence-electron chi connectivity index (χ1n) is 8.21. The van der Waals surface area contributed by atoms with E-state index in [9.17, 15) is 4.79 Å². The molecule has 4 aliphatic carbocycles. The van der Waals surface area contributed by atoms with Gasteiger partial charge in [0.15, 0.2) is 0 Å². The molecular formula is C16H26N2O. The number of likely N-dealkylation sites (tertiary alicyclic amines) is 1. The topological polar surface area (TPSA) is 32.3 Å². The van der Waals surface area contributed by atoms with Crippen LogP contribution in [0.3, 0.4) is 0 Å². The Morgan fingerprint density at radius 3 is 2.21 bits per heavy atom. The lowest BCUT2D eigenvalue weighted by atomic mass is 9.54. The van der Waals surface area contributed by atoms with Crippen LogP contribution in [0.15, 0.2) is 0 Å².